The van der Waals surface area contributed by atoms with Crippen molar-refractivity contribution in [2.24, 2.45) is 5.41 Å². The van der Waals surface area contributed by atoms with Crippen molar-refractivity contribution >= 4 is 17.7 Å². The summed E-state index contributed by atoms with van der Waals surface area (Å²) in [6, 6.07) is 6.58. The molecule has 2 nitrogen and oxygen atoms in total. The number of carboxylic acid groups (broad SMARTS) is 1. The van der Waals surface area contributed by atoms with Crippen molar-refractivity contribution in [2.75, 3.05) is 5.75 Å². The summed E-state index contributed by atoms with van der Waals surface area (Å²) >= 11 is 1.39. The Bertz CT molecular complexity index is 402. The third kappa shape index (κ3) is 2.38. The smallest absolute Gasteiger partial charge is 0.309 e. The second-order valence-electron chi connectivity index (χ2n) is 4.11. The molecule has 1 aromatic carbocycles. The normalized spacial score (nSPS) is 17.1. The Morgan fingerprint density at radius 2 is 2.12 bits per heavy atom. The van der Waals surface area contributed by atoms with Crippen LogP contribution in [0.5, 0.6) is 0 Å². The number of hydrogen-bond donors (Lipinski definition) is 1. The van der Waals surface area contributed by atoms with Crippen LogP contribution in [0.25, 0.3) is 0 Å². The molecule has 0 unspecified atom stereocenters. The van der Waals surface area contributed by atoms with Crippen LogP contribution in [0.2, 0.25) is 0 Å². The summed E-state index contributed by atoms with van der Waals surface area (Å²) < 4.78 is 13.2. The fourth-order valence-corrected chi connectivity index (χ4v) is 2.73. The fourth-order valence-electron chi connectivity index (χ4n) is 1.64. The highest BCUT2D eigenvalue weighted by Crippen LogP contribution is 2.49. The van der Waals surface area contributed by atoms with E-state index in [-0.39, 0.29) is 5.82 Å². The van der Waals surface area contributed by atoms with Crippen LogP contribution in [0.15, 0.2) is 29.2 Å². The Morgan fingerprint density at radius 3 is 2.69 bits per heavy atom. The van der Waals surface area contributed by atoms with Gasteiger partial charge in [-0.1, -0.05) is 12.1 Å². The summed E-state index contributed by atoms with van der Waals surface area (Å²) in [5.74, 6) is -0.276. The minimum absolute atomic E-state index is 0.229. The number of thioether (sulfide) groups is 1. The molecule has 0 bridgehead atoms. The molecule has 1 fully saturated rings. The van der Waals surface area contributed by atoms with E-state index in [0.717, 1.165) is 12.8 Å². The summed E-state index contributed by atoms with van der Waals surface area (Å²) in [4.78, 5) is 11.5. The fraction of sp³-hybridized carbons (Fsp3) is 0.417. The lowest BCUT2D eigenvalue weighted by Crippen LogP contribution is -2.15. The largest absolute Gasteiger partial charge is 0.481 e. The molecule has 1 aliphatic rings. The van der Waals surface area contributed by atoms with Gasteiger partial charge in [0.05, 0.1) is 5.41 Å². The zero-order valence-corrected chi connectivity index (χ0v) is 9.60. The predicted molar refractivity (Wildman–Crippen MR) is 61.0 cm³/mol. The molecule has 86 valence electrons. The van der Waals surface area contributed by atoms with Crippen LogP contribution in [0.1, 0.15) is 19.3 Å². The zero-order valence-electron chi connectivity index (χ0n) is 8.78. The van der Waals surface area contributed by atoms with E-state index in [4.69, 9.17) is 5.11 Å². The molecule has 1 saturated carbocycles. The molecule has 0 aromatic heterocycles. The van der Waals surface area contributed by atoms with Crippen molar-refractivity contribution in [1.82, 2.24) is 0 Å². The number of carbonyl (C=O) groups is 1. The third-order valence-corrected chi connectivity index (χ3v) is 4.03. The molecular weight excluding hydrogens is 227 g/mol. The summed E-state index contributed by atoms with van der Waals surface area (Å²) in [5, 5.41) is 8.97. The summed E-state index contributed by atoms with van der Waals surface area (Å²) in [5.41, 5.74) is -0.502. The Morgan fingerprint density at radius 1 is 1.44 bits per heavy atom. The van der Waals surface area contributed by atoms with Crippen LogP contribution >= 0.6 is 11.8 Å². The maximum atomic E-state index is 13.2. The van der Waals surface area contributed by atoms with E-state index in [1.165, 1.54) is 17.8 Å². The molecule has 0 radical (unpaired) electrons. The minimum Gasteiger partial charge on any atom is -0.481 e. The first-order valence-corrected chi connectivity index (χ1v) is 6.23. The number of aliphatic carboxylic acids is 1. The maximum absolute atomic E-state index is 13.2. The van der Waals surface area contributed by atoms with Crippen molar-refractivity contribution in [3.8, 4) is 0 Å². The summed E-state index contributed by atoms with van der Waals surface area (Å²) in [6.45, 7) is 0. The molecule has 1 aliphatic carbocycles. The van der Waals surface area contributed by atoms with E-state index in [1.807, 2.05) is 0 Å². The number of benzene rings is 1. The lowest BCUT2D eigenvalue weighted by Gasteiger charge is -2.08. The molecule has 2 rings (SSSR count). The van der Waals surface area contributed by atoms with Crippen LogP contribution in [-0.2, 0) is 4.79 Å². The van der Waals surface area contributed by atoms with Gasteiger partial charge in [0.15, 0.2) is 0 Å². The van der Waals surface area contributed by atoms with E-state index in [0.29, 0.717) is 17.1 Å². The van der Waals surface area contributed by atoms with Gasteiger partial charge in [0.1, 0.15) is 5.82 Å². The van der Waals surface area contributed by atoms with Gasteiger partial charge in [-0.3, -0.25) is 4.79 Å². The topological polar surface area (TPSA) is 37.3 Å². The molecule has 16 heavy (non-hydrogen) atoms. The molecule has 0 spiro atoms. The van der Waals surface area contributed by atoms with Crippen molar-refractivity contribution in [2.45, 2.75) is 24.2 Å². The van der Waals surface area contributed by atoms with Gasteiger partial charge in [-0.05, 0) is 37.1 Å². The quantitative estimate of drug-likeness (QED) is 0.803. The summed E-state index contributed by atoms with van der Waals surface area (Å²) in [7, 11) is 0. The van der Waals surface area contributed by atoms with Crippen LogP contribution in [-0.4, -0.2) is 16.8 Å². The van der Waals surface area contributed by atoms with Crippen LogP contribution in [0, 0.1) is 11.2 Å². The Balaban J connectivity index is 1.85. The first kappa shape index (κ1) is 11.5. The molecule has 0 amide bonds. The highest BCUT2D eigenvalue weighted by atomic mass is 32.2. The number of rotatable bonds is 5. The first-order valence-electron chi connectivity index (χ1n) is 5.25. The van der Waals surface area contributed by atoms with Gasteiger partial charge in [-0.15, -0.1) is 11.8 Å². The number of carboxylic acids is 1. The highest BCUT2D eigenvalue weighted by molar-refractivity contribution is 7.99. The van der Waals surface area contributed by atoms with Crippen molar-refractivity contribution < 1.29 is 14.3 Å². The third-order valence-electron chi connectivity index (χ3n) is 2.98. The molecule has 0 saturated heterocycles. The maximum Gasteiger partial charge on any atom is 0.309 e. The van der Waals surface area contributed by atoms with E-state index in [1.54, 1.807) is 18.2 Å². The van der Waals surface area contributed by atoms with Crippen molar-refractivity contribution in [3.63, 3.8) is 0 Å². The van der Waals surface area contributed by atoms with Crippen molar-refractivity contribution in [1.29, 1.82) is 0 Å². The van der Waals surface area contributed by atoms with Gasteiger partial charge >= 0.3 is 5.97 Å². The second-order valence-corrected chi connectivity index (χ2v) is 5.25. The summed E-state index contributed by atoms with van der Waals surface area (Å²) in [6.07, 6.45) is 2.15. The van der Waals surface area contributed by atoms with Gasteiger partial charge in [-0.25, -0.2) is 4.39 Å². The van der Waals surface area contributed by atoms with E-state index in [2.05, 4.69) is 0 Å². The van der Waals surface area contributed by atoms with Crippen LogP contribution in [0.4, 0.5) is 4.39 Å². The highest BCUT2D eigenvalue weighted by Gasteiger charge is 2.49. The number of halogens is 1. The Labute approximate surface area is 97.9 Å². The van der Waals surface area contributed by atoms with Crippen LogP contribution < -0.4 is 0 Å². The van der Waals surface area contributed by atoms with E-state index in [9.17, 15) is 9.18 Å². The molecule has 1 N–H and O–H groups in total. The Kier molecular flexibility index (Phi) is 3.19. The lowest BCUT2D eigenvalue weighted by molar-refractivity contribution is -0.143. The minimum atomic E-state index is -0.707. The van der Waals surface area contributed by atoms with Crippen molar-refractivity contribution in [3.05, 3.63) is 30.1 Å². The average molecular weight is 240 g/mol. The van der Waals surface area contributed by atoms with Gasteiger partial charge in [-0.2, -0.15) is 0 Å². The molecule has 1 aromatic rings. The van der Waals surface area contributed by atoms with Gasteiger partial charge in [0.25, 0.3) is 0 Å². The zero-order chi connectivity index (χ0) is 11.6. The monoisotopic (exact) mass is 240 g/mol. The average Bonchev–Trinajstić information content (AvgIpc) is 3.02. The predicted octanol–water partition coefficient (Wildman–Crippen LogP) is 3.17. The lowest BCUT2D eigenvalue weighted by atomic mass is 10.1. The van der Waals surface area contributed by atoms with E-state index >= 15 is 0 Å². The van der Waals surface area contributed by atoms with Gasteiger partial charge < -0.3 is 5.11 Å². The first-order chi connectivity index (χ1) is 7.64. The molecule has 0 heterocycles. The SMILES string of the molecule is O=C(O)C1(CCSc2ccccc2F)CC1. The molecule has 0 atom stereocenters. The van der Waals surface area contributed by atoms with Gasteiger partial charge in [0, 0.05) is 4.90 Å². The second kappa shape index (κ2) is 4.45. The van der Waals surface area contributed by atoms with E-state index < -0.39 is 11.4 Å². The molecule has 4 heteroatoms. The number of hydrogen-bond acceptors (Lipinski definition) is 2. The molecule has 0 aliphatic heterocycles. The Hall–Kier alpha value is -1.03. The van der Waals surface area contributed by atoms with Crippen LogP contribution in [0.3, 0.4) is 0 Å². The molecular formula is C12H13FO2S. The van der Waals surface area contributed by atoms with Gasteiger partial charge in [0.2, 0.25) is 0 Å². The standard InChI is InChI=1S/C12H13FO2S/c13-9-3-1-2-4-10(9)16-8-7-12(5-6-12)11(14)15/h1-4H,5-8H2,(H,14,15).